The Balaban J connectivity index is 1.44. The van der Waals surface area contributed by atoms with Crippen LogP contribution in [0, 0.1) is 6.92 Å². The Morgan fingerprint density at radius 3 is 2.35 bits per heavy atom. The summed E-state index contributed by atoms with van der Waals surface area (Å²) in [6.07, 6.45) is -1.74. The molecule has 0 aliphatic heterocycles. The van der Waals surface area contributed by atoms with Gasteiger partial charge in [0, 0.05) is 24.4 Å². The molecular weight excluding hydrogens is 505 g/mol. The topological polar surface area (TPSA) is 68.2 Å². The average Bonchev–Trinajstić information content (AvgIpc) is 2.89. The van der Waals surface area contributed by atoms with Crippen molar-refractivity contribution in [2.24, 2.45) is 0 Å². The summed E-state index contributed by atoms with van der Waals surface area (Å²) in [7, 11) is 0. The SMILES string of the molecule is Cc1ncnc(N(CCc2ccc(Oc3ccc(C(F)(F)F)cn3)cc2)CC(=O)c2ccccc2)c1Cl. The van der Waals surface area contributed by atoms with Gasteiger partial charge in [0.1, 0.15) is 17.1 Å². The van der Waals surface area contributed by atoms with Gasteiger partial charge in [0.15, 0.2) is 11.6 Å². The van der Waals surface area contributed by atoms with Crippen LogP contribution in [-0.2, 0) is 12.6 Å². The second-order valence-corrected chi connectivity index (χ2v) is 8.56. The lowest BCUT2D eigenvalue weighted by Gasteiger charge is -2.24. The van der Waals surface area contributed by atoms with Gasteiger partial charge in [-0.1, -0.05) is 54.1 Å². The molecule has 0 bridgehead atoms. The second-order valence-electron chi connectivity index (χ2n) is 8.19. The number of pyridine rings is 1. The van der Waals surface area contributed by atoms with Crippen LogP contribution in [0.3, 0.4) is 0 Å². The van der Waals surface area contributed by atoms with E-state index in [1.807, 2.05) is 35.2 Å². The molecule has 0 saturated carbocycles. The maximum Gasteiger partial charge on any atom is 0.417 e. The number of nitrogens with zero attached hydrogens (tertiary/aromatic N) is 4. The Hall–Kier alpha value is -3.98. The van der Waals surface area contributed by atoms with Crippen molar-refractivity contribution in [3.8, 4) is 11.6 Å². The number of hydrogen-bond donors (Lipinski definition) is 0. The van der Waals surface area contributed by atoms with E-state index in [2.05, 4.69) is 15.0 Å². The highest BCUT2D eigenvalue weighted by molar-refractivity contribution is 6.33. The van der Waals surface area contributed by atoms with Crippen LogP contribution in [0.15, 0.2) is 79.3 Å². The van der Waals surface area contributed by atoms with E-state index < -0.39 is 11.7 Å². The molecule has 0 spiro atoms. The van der Waals surface area contributed by atoms with Gasteiger partial charge < -0.3 is 9.64 Å². The third kappa shape index (κ3) is 6.83. The summed E-state index contributed by atoms with van der Waals surface area (Å²) in [5.74, 6) is 0.897. The lowest BCUT2D eigenvalue weighted by atomic mass is 10.1. The molecule has 0 radical (unpaired) electrons. The van der Waals surface area contributed by atoms with Gasteiger partial charge in [0.2, 0.25) is 5.88 Å². The smallest absolute Gasteiger partial charge is 0.417 e. The predicted octanol–water partition coefficient (Wildman–Crippen LogP) is 6.58. The third-order valence-corrected chi connectivity index (χ3v) is 6.00. The molecule has 0 N–H and O–H groups in total. The minimum atomic E-state index is -4.46. The summed E-state index contributed by atoms with van der Waals surface area (Å²) in [5.41, 5.74) is 1.31. The molecule has 0 aliphatic rings. The number of benzene rings is 2. The zero-order valence-corrected chi connectivity index (χ0v) is 20.5. The summed E-state index contributed by atoms with van der Waals surface area (Å²) < 4.78 is 43.7. The molecule has 0 atom stereocenters. The molecule has 10 heteroatoms. The number of aryl methyl sites for hydroxylation is 1. The fourth-order valence-corrected chi connectivity index (χ4v) is 3.75. The summed E-state index contributed by atoms with van der Waals surface area (Å²) >= 11 is 6.47. The van der Waals surface area contributed by atoms with Crippen LogP contribution in [0.1, 0.15) is 27.2 Å². The molecule has 0 amide bonds. The van der Waals surface area contributed by atoms with E-state index in [1.54, 1.807) is 31.2 Å². The van der Waals surface area contributed by atoms with Crippen molar-refractivity contribution >= 4 is 23.2 Å². The molecule has 190 valence electrons. The standard InChI is InChI=1S/C27H22ClF3N4O2/c1-18-25(28)26(34-17-33-18)35(16-23(36)20-5-3-2-4-6-20)14-13-19-7-10-22(11-8-19)37-24-12-9-21(15-32-24)27(29,30)31/h2-12,15,17H,13-14,16H2,1H3. The van der Waals surface area contributed by atoms with Gasteiger partial charge in [-0.25, -0.2) is 15.0 Å². The Morgan fingerprint density at radius 2 is 1.70 bits per heavy atom. The number of Topliss-reactive ketones (excluding diaryl/α,β-unsaturated/α-hetero) is 1. The van der Waals surface area contributed by atoms with Crippen LogP contribution in [0.2, 0.25) is 5.02 Å². The Labute approximate surface area is 216 Å². The summed E-state index contributed by atoms with van der Waals surface area (Å²) in [5, 5.41) is 0.385. The first-order valence-corrected chi connectivity index (χ1v) is 11.7. The lowest BCUT2D eigenvalue weighted by Crippen LogP contribution is -2.33. The predicted molar refractivity (Wildman–Crippen MR) is 134 cm³/mol. The van der Waals surface area contributed by atoms with E-state index in [1.165, 1.54) is 12.4 Å². The van der Waals surface area contributed by atoms with E-state index in [9.17, 15) is 18.0 Å². The molecule has 2 aromatic heterocycles. The van der Waals surface area contributed by atoms with Crippen LogP contribution >= 0.6 is 11.6 Å². The van der Waals surface area contributed by atoms with Crippen molar-refractivity contribution in [3.05, 3.63) is 107 Å². The van der Waals surface area contributed by atoms with Crippen LogP contribution in [0.4, 0.5) is 19.0 Å². The number of alkyl halides is 3. The van der Waals surface area contributed by atoms with Crippen molar-refractivity contribution in [1.82, 2.24) is 15.0 Å². The molecule has 0 saturated heterocycles. The van der Waals surface area contributed by atoms with Crippen LogP contribution < -0.4 is 9.64 Å². The fourth-order valence-electron chi connectivity index (χ4n) is 3.53. The van der Waals surface area contributed by atoms with Gasteiger partial charge in [-0.05, 0) is 37.1 Å². The molecule has 37 heavy (non-hydrogen) atoms. The largest absolute Gasteiger partial charge is 0.439 e. The molecule has 0 aliphatic carbocycles. The maximum absolute atomic E-state index is 12.9. The third-order valence-electron chi connectivity index (χ3n) is 5.55. The number of ether oxygens (including phenoxy) is 1. The Bertz CT molecular complexity index is 1350. The van der Waals surface area contributed by atoms with E-state index in [0.717, 1.165) is 17.8 Å². The van der Waals surface area contributed by atoms with E-state index in [4.69, 9.17) is 16.3 Å². The first-order valence-electron chi connectivity index (χ1n) is 11.3. The van der Waals surface area contributed by atoms with Crippen LogP contribution in [-0.4, -0.2) is 33.8 Å². The van der Waals surface area contributed by atoms with Gasteiger partial charge in [0.25, 0.3) is 0 Å². The molecule has 2 aromatic carbocycles. The van der Waals surface area contributed by atoms with Crippen molar-refractivity contribution in [2.45, 2.75) is 19.5 Å². The number of anilines is 1. The van der Waals surface area contributed by atoms with Crippen LogP contribution in [0.25, 0.3) is 0 Å². The highest BCUT2D eigenvalue weighted by atomic mass is 35.5. The highest BCUT2D eigenvalue weighted by Crippen LogP contribution is 2.30. The van der Waals surface area contributed by atoms with E-state index in [-0.39, 0.29) is 18.2 Å². The number of rotatable bonds is 9. The molecule has 2 heterocycles. The first-order chi connectivity index (χ1) is 17.7. The Kier molecular flexibility index (Phi) is 8.03. The number of carbonyl (C=O) groups excluding carboxylic acids is 1. The van der Waals surface area contributed by atoms with Crippen molar-refractivity contribution in [1.29, 1.82) is 0 Å². The van der Waals surface area contributed by atoms with E-state index in [0.29, 0.717) is 40.8 Å². The molecule has 6 nitrogen and oxygen atoms in total. The quantitative estimate of drug-likeness (QED) is 0.230. The molecule has 0 unspecified atom stereocenters. The van der Waals surface area contributed by atoms with Crippen molar-refractivity contribution < 1.29 is 22.7 Å². The molecule has 4 aromatic rings. The monoisotopic (exact) mass is 526 g/mol. The van der Waals surface area contributed by atoms with Crippen molar-refractivity contribution in [3.63, 3.8) is 0 Å². The summed E-state index contributed by atoms with van der Waals surface area (Å²) in [4.78, 5) is 26.9. The zero-order valence-electron chi connectivity index (χ0n) is 19.7. The van der Waals surface area contributed by atoms with Gasteiger partial charge >= 0.3 is 6.18 Å². The van der Waals surface area contributed by atoms with E-state index >= 15 is 0 Å². The van der Waals surface area contributed by atoms with Gasteiger partial charge in [-0.2, -0.15) is 13.2 Å². The number of aromatic nitrogens is 3. The Morgan fingerprint density at radius 1 is 0.973 bits per heavy atom. The minimum Gasteiger partial charge on any atom is -0.439 e. The number of hydrogen-bond acceptors (Lipinski definition) is 6. The molecule has 4 rings (SSSR count). The number of halogens is 4. The molecular formula is C27H22ClF3N4O2. The van der Waals surface area contributed by atoms with Gasteiger partial charge in [0.05, 0.1) is 17.8 Å². The maximum atomic E-state index is 12.9. The average molecular weight is 527 g/mol. The first kappa shape index (κ1) is 26.1. The van der Waals surface area contributed by atoms with Gasteiger partial charge in [-0.15, -0.1) is 0 Å². The molecule has 0 fully saturated rings. The second kappa shape index (κ2) is 11.4. The summed E-state index contributed by atoms with van der Waals surface area (Å²) in [6.45, 7) is 2.31. The van der Waals surface area contributed by atoms with Crippen molar-refractivity contribution in [2.75, 3.05) is 18.0 Å². The van der Waals surface area contributed by atoms with Crippen LogP contribution in [0.5, 0.6) is 11.6 Å². The number of ketones is 1. The fraction of sp³-hybridized carbons (Fsp3) is 0.185. The lowest BCUT2D eigenvalue weighted by molar-refractivity contribution is -0.137. The number of carbonyl (C=O) groups is 1. The minimum absolute atomic E-state index is 0.0557. The highest BCUT2D eigenvalue weighted by Gasteiger charge is 2.30. The normalized spacial score (nSPS) is 11.3. The van der Waals surface area contributed by atoms with Gasteiger partial charge in [-0.3, -0.25) is 4.79 Å². The zero-order chi connectivity index (χ0) is 26.4. The summed E-state index contributed by atoms with van der Waals surface area (Å²) in [6, 6.07) is 18.2.